The van der Waals surface area contributed by atoms with E-state index >= 15 is 0 Å². The molecule has 0 saturated carbocycles. The van der Waals surface area contributed by atoms with Gasteiger partial charge in [0.05, 0.1) is 17.8 Å². The topological polar surface area (TPSA) is 27.7 Å². The summed E-state index contributed by atoms with van der Waals surface area (Å²) in [6.07, 6.45) is 0. The Morgan fingerprint density at radius 1 is 1.05 bits per heavy atom. The molecule has 1 saturated heterocycles. The van der Waals surface area contributed by atoms with E-state index in [1.807, 2.05) is 39.8 Å². The number of benzene rings is 1. The smallest absolute Gasteiger partial charge is 0.399 e. The summed E-state index contributed by atoms with van der Waals surface area (Å²) in [6, 6.07) is 3.65. The third-order valence-corrected chi connectivity index (χ3v) is 4.65. The summed E-state index contributed by atoms with van der Waals surface area (Å²) in [5, 5.41) is 1.12. The number of hydrogen-bond donors (Lipinski definition) is 0. The van der Waals surface area contributed by atoms with Gasteiger partial charge in [-0.15, -0.1) is 0 Å². The highest BCUT2D eigenvalue weighted by Crippen LogP contribution is 2.37. The standard InChI is InChI=1S/C14H19BCl2O3/c1-13(2)14(3,4)20-15(19-13)9-6-11(16)10(8-18-5)12(17)7-9/h6-7H,8H2,1-5H3. The second kappa shape index (κ2) is 5.50. The van der Waals surface area contributed by atoms with Gasteiger partial charge in [-0.1, -0.05) is 23.2 Å². The summed E-state index contributed by atoms with van der Waals surface area (Å²) in [7, 11) is 1.14. The zero-order valence-corrected chi connectivity index (χ0v) is 13.9. The van der Waals surface area contributed by atoms with E-state index in [4.69, 9.17) is 37.2 Å². The monoisotopic (exact) mass is 316 g/mol. The highest BCUT2D eigenvalue weighted by atomic mass is 35.5. The normalized spacial score (nSPS) is 20.4. The Balaban J connectivity index is 2.32. The van der Waals surface area contributed by atoms with Crippen molar-refractivity contribution in [3.63, 3.8) is 0 Å². The van der Waals surface area contributed by atoms with E-state index in [-0.39, 0.29) is 11.2 Å². The quantitative estimate of drug-likeness (QED) is 0.800. The van der Waals surface area contributed by atoms with Gasteiger partial charge in [-0.2, -0.15) is 0 Å². The molecule has 6 heteroatoms. The zero-order chi connectivity index (χ0) is 15.1. The SMILES string of the molecule is COCc1c(Cl)cc(B2OC(C)(C)C(C)(C)O2)cc1Cl. The molecule has 0 atom stereocenters. The molecule has 0 radical (unpaired) electrons. The summed E-state index contributed by atoms with van der Waals surface area (Å²) >= 11 is 12.5. The van der Waals surface area contributed by atoms with Crippen molar-refractivity contribution >= 4 is 35.8 Å². The van der Waals surface area contributed by atoms with Crippen molar-refractivity contribution in [1.82, 2.24) is 0 Å². The Morgan fingerprint density at radius 2 is 1.50 bits per heavy atom. The van der Waals surface area contributed by atoms with E-state index < -0.39 is 7.12 Å². The Bertz CT molecular complexity index is 478. The summed E-state index contributed by atoms with van der Waals surface area (Å²) in [4.78, 5) is 0. The van der Waals surface area contributed by atoms with Crippen LogP contribution in [0.25, 0.3) is 0 Å². The molecule has 2 rings (SSSR count). The van der Waals surface area contributed by atoms with Crippen molar-refractivity contribution in [2.75, 3.05) is 7.11 Å². The lowest BCUT2D eigenvalue weighted by Crippen LogP contribution is -2.41. The van der Waals surface area contributed by atoms with Crippen molar-refractivity contribution in [1.29, 1.82) is 0 Å². The van der Waals surface area contributed by atoms with Gasteiger partial charge in [-0.05, 0) is 45.3 Å². The molecule has 20 heavy (non-hydrogen) atoms. The molecule has 1 heterocycles. The fraction of sp³-hybridized carbons (Fsp3) is 0.571. The number of methoxy groups -OCH3 is 1. The third kappa shape index (κ3) is 2.86. The number of rotatable bonds is 3. The Kier molecular flexibility index (Phi) is 4.44. The van der Waals surface area contributed by atoms with Crippen LogP contribution in [0.15, 0.2) is 12.1 Å². The number of ether oxygens (including phenoxy) is 1. The van der Waals surface area contributed by atoms with Gasteiger partial charge >= 0.3 is 7.12 Å². The van der Waals surface area contributed by atoms with Crippen molar-refractivity contribution in [3.8, 4) is 0 Å². The lowest BCUT2D eigenvalue weighted by molar-refractivity contribution is 0.00578. The molecule has 110 valence electrons. The van der Waals surface area contributed by atoms with E-state index in [9.17, 15) is 0 Å². The molecule has 0 aliphatic carbocycles. The lowest BCUT2D eigenvalue weighted by Gasteiger charge is -2.32. The lowest BCUT2D eigenvalue weighted by atomic mass is 9.79. The van der Waals surface area contributed by atoms with Crippen molar-refractivity contribution in [2.45, 2.75) is 45.5 Å². The van der Waals surface area contributed by atoms with Crippen LogP contribution < -0.4 is 5.46 Å². The number of hydrogen-bond acceptors (Lipinski definition) is 3. The molecule has 0 aromatic heterocycles. The molecule has 1 aliphatic rings. The van der Waals surface area contributed by atoms with Crippen LogP contribution in [0.5, 0.6) is 0 Å². The average molecular weight is 317 g/mol. The molecule has 3 nitrogen and oxygen atoms in total. The zero-order valence-electron chi connectivity index (χ0n) is 12.4. The molecular weight excluding hydrogens is 298 g/mol. The van der Waals surface area contributed by atoms with Gasteiger partial charge in [0.15, 0.2) is 0 Å². The third-order valence-electron chi connectivity index (χ3n) is 3.98. The van der Waals surface area contributed by atoms with Crippen LogP contribution in [-0.2, 0) is 20.7 Å². The van der Waals surface area contributed by atoms with Crippen LogP contribution in [0.2, 0.25) is 10.0 Å². The molecule has 1 fully saturated rings. The first-order valence-electron chi connectivity index (χ1n) is 6.50. The van der Waals surface area contributed by atoms with Crippen LogP contribution >= 0.6 is 23.2 Å². The van der Waals surface area contributed by atoms with Crippen LogP contribution in [0.4, 0.5) is 0 Å². The second-order valence-corrected chi connectivity index (χ2v) is 6.80. The predicted molar refractivity (Wildman–Crippen MR) is 82.9 cm³/mol. The molecule has 1 aromatic rings. The first-order valence-corrected chi connectivity index (χ1v) is 7.26. The Hall–Kier alpha value is -0.255. The Morgan fingerprint density at radius 3 is 1.90 bits per heavy atom. The maximum atomic E-state index is 6.26. The van der Waals surface area contributed by atoms with Gasteiger partial charge in [0.2, 0.25) is 0 Å². The second-order valence-electron chi connectivity index (χ2n) is 5.98. The summed E-state index contributed by atoms with van der Waals surface area (Å²) in [6.45, 7) is 8.41. The molecule has 0 amide bonds. The first-order chi connectivity index (χ1) is 9.18. The molecule has 1 aromatic carbocycles. The van der Waals surface area contributed by atoms with E-state index in [2.05, 4.69) is 0 Å². The van der Waals surface area contributed by atoms with E-state index in [0.717, 1.165) is 11.0 Å². The van der Waals surface area contributed by atoms with Crippen LogP contribution in [0, 0.1) is 0 Å². The fourth-order valence-electron chi connectivity index (χ4n) is 2.02. The van der Waals surface area contributed by atoms with E-state index in [0.29, 0.717) is 16.7 Å². The van der Waals surface area contributed by atoms with Gasteiger partial charge in [0.1, 0.15) is 0 Å². The maximum Gasteiger partial charge on any atom is 0.494 e. The fourth-order valence-corrected chi connectivity index (χ4v) is 2.63. The van der Waals surface area contributed by atoms with E-state index in [1.54, 1.807) is 7.11 Å². The number of halogens is 2. The van der Waals surface area contributed by atoms with Gasteiger partial charge < -0.3 is 14.0 Å². The van der Waals surface area contributed by atoms with Crippen molar-refractivity contribution < 1.29 is 14.0 Å². The molecule has 0 bridgehead atoms. The summed E-state index contributed by atoms with van der Waals surface area (Å²) in [5.41, 5.74) is 0.818. The predicted octanol–water partition coefficient (Wildman–Crippen LogP) is 3.44. The van der Waals surface area contributed by atoms with E-state index in [1.165, 1.54) is 0 Å². The average Bonchev–Trinajstić information content (AvgIpc) is 2.53. The van der Waals surface area contributed by atoms with Crippen LogP contribution in [-0.4, -0.2) is 25.4 Å². The van der Waals surface area contributed by atoms with Crippen LogP contribution in [0.3, 0.4) is 0 Å². The van der Waals surface area contributed by atoms with Crippen LogP contribution in [0.1, 0.15) is 33.3 Å². The van der Waals surface area contributed by atoms with Crippen molar-refractivity contribution in [2.24, 2.45) is 0 Å². The molecule has 1 aliphatic heterocycles. The van der Waals surface area contributed by atoms with Gasteiger partial charge in [-0.3, -0.25) is 0 Å². The molecule has 0 unspecified atom stereocenters. The first kappa shape index (κ1) is 16.1. The van der Waals surface area contributed by atoms with Gasteiger partial charge in [-0.25, -0.2) is 0 Å². The highest BCUT2D eigenvalue weighted by molar-refractivity contribution is 6.62. The largest absolute Gasteiger partial charge is 0.494 e. The van der Waals surface area contributed by atoms with Crippen molar-refractivity contribution in [3.05, 3.63) is 27.7 Å². The minimum atomic E-state index is -0.466. The van der Waals surface area contributed by atoms with Gasteiger partial charge in [0, 0.05) is 22.7 Å². The molecular formula is C14H19BCl2O3. The maximum absolute atomic E-state index is 6.26. The molecule has 0 N–H and O–H groups in total. The minimum Gasteiger partial charge on any atom is -0.399 e. The molecule has 0 spiro atoms. The minimum absolute atomic E-state index is 0.376. The summed E-state index contributed by atoms with van der Waals surface area (Å²) in [5.74, 6) is 0. The highest BCUT2D eigenvalue weighted by Gasteiger charge is 2.51. The Labute approximate surface area is 130 Å². The van der Waals surface area contributed by atoms with Gasteiger partial charge in [0.25, 0.3) is 0 Å². The summed E-state index contributed by atoms with van der Waals surface area (Å²) < 4.78 is 17.1.